The van der Waals surface area contributed by atoms with Crippen molar-refractivity contribution in [2.45, 2.75) is 11.8 Å². The van der Waals surface area contributed by atoms with E-state index in [1.54, 1.807) is 31.2 Å². The Balaban J connectivity index is 1.60. The first-order valence-corrected chi connectivity index (χ1v) is 10.3. The van der Waals surface area contributed by atoms with Crippen LogP contribution in [0.5, 0.6) is 5.75 Å². The molecule has 0 spiro atoms. The Morgan fingerprint density at radius 1 is 1.14 bits per heavy atom. The minimum atomic E-state index is -3.90. The first kappa shape index (κ1) is 20.1. The van der Waals surface area contributed by atoms with E-state index in [4.69, 9.17) is 9.15 Å². The van der Waals surface area contributed by atoms with Gasteiger partial charge in [0.25, 0.3) is 15.9 Å². The Bertz CT molecular complexity index is 1190. The van der Waals surface area contributed by atoms with Crippen LogP contribution in [0.1, 0.15) is 5.56 Å². The van der Waals surface area contributed by atoms with Gasteiger partial charge in [-0.3, -0.25) is 10.2 Å². The fourth-order valence-electron chi connectivity index (χ4n) is 2.38. The van der Waals surface area contributed by atoms with Gasteiger partial charge in [-0.15, -0.1) is 4.83 Å². The fraction of sp³-hybridized carbons (Fsp3) is 0.111. The highest BCUT2D eigenvalue weighted by molar-refractivity contribution is 9.10. The number of sulfonamides is 1. The highest BCUT2D eigenvalue weighted by atomic mass is 79.9. The Morgan fingerprint density at radius 2 is 1.86 bits per heavy atom. The number of nitrogens with one attached hydrogen (secondary N) is 2. The number of hydrogen-bond donors (Lipinski definition) is 2. The van der Waals surface area contributed by atoms with Crippen LogP contribution < -0.4 is 20.6 Å². The van der Waals surface area contributed by atoms with E-state index in [0.717, 1.165) is 15.4 Å². The second-order valence-corrected chi connectivity index (χ2v) is 8.40. The average molecular weight is 467 g/mol. The molecule has 146 valence electrons. The number of rotatable bonds is 6. The Morgan fingerprint density at radius 3 is 2.57 bits per heavy atom. The SMILES string of the molecule is Cc1cc(=O)oc2cc(OCC(=O)NNS(=O)(=O)c3ccc(Br)cc3)ccc12. The summed E-state index contributed by atoms with van der Waals surface area (Å²) in [5.74, 6) is -0.404. The van der Waals surface area contributed by atoms with Crippen LogP contribution in [0.25, 0.3) is 11.0 Å². The predicted molar refractivity (Wildman–Crippen MR) is 105 cm³/mol. The number of halogens is 1. The molecule has 8 nitrogen and oxygen atoms in total. The summed E-state index contributed by atoms with van der Waals surface area (Å²) in [6.45, 7) is 1.34. The van der Waals surface area contributed by atoms with Gasteiger partial charge in [-0.05, 0) is 48.9 Å². The summed E-state index contributed by atoms with van der Waals surface area (Å²) in [5.41, 5.74) is 2.68. The summed E-state index contributed by atoms with van der Waals surface area (Å²) in [6, 6.07) is 12.1. The van der Waals surface area contributed by atoms with Gasteiger partial charge in [0.05, 0.1) is 4.90 Å². The summed E-state index contributed by atoms with van der Waals surface area (Å²) in [5, 5.41) is 0.749. The maximum atomic E-state index is 12.1. The van der Waals surface area contributed by atoms with Crippen molar-refractivity contribution in [1.29, 1.82) is 0 Å². The van der Waals surface area contributed by atoms with E-state index in [1.807, 2.05) is 4.83 Å². The number of fused-ring (bicyclic) bond motifs is 1. The molecule has 0 atom stereocenters. The highest BCUT2D eigenvalue weighted by Crippen LogP contribution is 2.22. The normalized spacial score (nSPS) is 11.4. The molecule has 0 saturated carbocycles. The van der Waals surface area contributed by atoms with Crippen molar-refractivity contribution >= 4 is 42.8 Å². The Labute approximate surface area is 168 Å². The number of aryl methyl sites for hydroxylation is 1. The number of hydrogen-bond acceptors (Lipinski definition) is 6. The fourth-order valence-corrected chi connectivity index (χ4v) is 3.50. The zero-order chi connectivity index (χ0) is 20.3. The molecule has 2 N–H and O–H groups in total. The monoisotopic (exact) mass is 466 g/mol. The van der Waals surface area contributed by atoms with Crippen molar-refractivity contribution in [3.63, 3.8) is 0 Å². The van der Waals surface area contributed by atoms with E-state index < -0.39 is 28.2 Å². The lowest BCUT2D eigenvalue weighted by Gasteiger charge is -2.10. The molecule has 0 saturated heterocycles. The largest absolute Gasteiger partial charge is 0.484 e. The second kappa shape index (κ2) is 8.13. The van der Waals surface area contributed by atoms with Crippen molar-refractivity contribution in [1.82, 2.24) is 10.3 Å². The smallest absolute Gasteiger partial charge is 0.336 e. The van der Waals surface area contributed by atoms with E-state index in [-0.39, 0.29) is 4.90 Å². The van der Waals surface area contributed by atoms with Crippen LogP contribution in [-0.4, -0.2) is 20.9 Å². The maximum absolute atomic E-state index is 12.1. The average Bonchev–Trinajstić information content (AvgIpc) is 2.64. The quantitative estimate of drug-likeness (QED) is 0.425. The number of hydrazine groups is 1. The molecule has 0 aliphatic carbocycles. The van der Waals surface area contributed by atoms with Crippen LogP contribution in [0.4, 0.5) is 0 Å². The standard InChI is InChI=1S/C18H15BrN2O6S/c1-11-8-18(23)27-16-9-13(4-7-15(11)16)26-10-17(22)20-21-28(24,25)14-5-2-12(19)3-6-14/h2-9,21H,10H2,1H3,(H,20,22). The molecule has 28 heavy (non-hydrogen) atoms. The van der Waals surface area contributed by atoms with Gasteiger partial charge in [0.2, 0.25) is 0 Å². The zero-order valence-electron chi connectivity index (χ0n) is 14.6. The van der Waals surface area contributed by atoms with Crippen LogP contribution in [-0.2, 0) is 14.8 Å². The number of amides is 1. The molecule has 0 unspecified atom stereocenters. The lowest BCUT2D eigenvalue weighted by atomic mass is 10.1. The topological polar surface area (TPSA) is 115 Å². The molecule has 0 aliphatic rings. The second-order valence-electron chi connectivity index (χ2n) is 5.80. The number of carbonyl (C=O) groups excluding carboxylic acids is 1. The number of benzene rings is 2. The third kappa shape index (κ3) is 4.77. The molecule has 0 fully saturated rings. The van der Waals surface area contributed by atoms with Crippen molar-refractivity contribution in [2.24, 2.45) is 0 Å². The Kier molecular flexibility index (Phi) is 5.82. The van der Waals surface area contributed by atoms with Gasteiger partial charge in [-0.25, -0.2) is 13.2 Å². The molecule has 1 aromatic heterocycles. The molecule has 3 aromatic rings. The third-order valence-corrected chi connectivity index (χ3v) is 5.53. The molecule has 0 aliphatic heterocycles. The van der Waals surface area contributed by atoms with Gasteiger partial charge >= 0.3 is 5.63 Å². The lowest BCUT2D eigenvalue weighted by Crippen LogP contribution is -2.43. The molecule has 1 amide bonds. The molecule has 2 aromatic carbocycles. The van der Waals surface area contributed by atoms with Crippen LogP contribution in [0, 0.1) is 6.92 Å². The van der Waals surface area contributed by atoms with Crippen molar-refractivity contribution in [3.8, 4) is 5.75 Å². The minimum absolute atomic E-state index is 0.00292. The molecular weight excluding hydrogens is 452 g/mol. The summed E-state index contributed by atoms with van der Waals surface area (Å²) in [7, 11) is -3.90. The van der Waals surface area contributed by atoms with Crippen molar-refractivity contribution in [2.75, 3.05) is 6.61 Å². The van der Waals surface area contributed by atoms with E-state index in [1.165, 1.54) is 24.3 Å². The Hall–Kier alpha value is -2.69. The highest BCUT2D eigenvalue weighted by Gasteiger charge is 2.15. The van der Waals surface area contributed by atoms with Gasteiger partial charge in [-0.2, -0.15) is 0 Å². The third-order valence-electron chi connectivity index (χ3n) is 3.74. The van der Waals surface area contributed by atoms with Gasteiger partial charge in [0.15, 0.2) is 6.61 Å². The van der Waals surface area contributed by atoms with Gasteiger partial charge in [0.1, 0.15) is 11.3 Å². The molecule has 0 radical (unpaired) electrons. The predicted octanol–water partition coefficient (Wildman–Crippen LogP) is 2.25. The number of carbonyl (C=O) groups is 1. The van der Waals surface area contributed by atoms with Crippen LogP contribution in [0.2, 0.25) is 0 Å². The van der Waals surface area contributed by atoms with E-state index in [9.17, 15) is 18.0 Å². The van der Waals surface area contributed by atoms with Crippen molar-refractivity contribution in [3.05, 3.63) is 69.0 Å². The molecule has 10 heteroatoms. The van der Waals surface area contributed by atoms with Gasteiger partial charge in [0, 0.05) is 22.0 Å². The first-order chi connectivity index (χ1) is 13.2. The lowest BCUT2D eigenvalue weighted by molar-refractivity contribution is -0.123. The summed E-state index contributed by atoms with van der Waals surface area (Å²) >= 11 is 3.21. The van der Waals surface area contributed by atoms with Crippen molar-refractivity contribution < 1.29 is 22.4 Å². The molecule has 3 rings (SSSR count). The summed E-state index contributed by atoms with van der Waals surface area (Å²) in [4.78, 5) is 25.3. The minimum Gasteiger partial charge on any atom is -0.484 e. The molecule has 1 heterocycles. The van der Waals surface area contributed by atoms with E-state index in [2.05, 4.69) is 21.4 Å². The van der Waals surface area contributed by atoms with Crippen LogP contribution >= 0.6 is 15.9 Å². The molecular formula is C18H15BrN2O6S. The van der Waals surface area contributed by atoms with Gasteiger partial charge < -0.3 is 9.15 Å². The number of ether oxygens (including phenoxy) is 1. The maximum Gasteiger partial charge on any atom is 0.336 e. The summed E-state index contributed by atoms with van der Waals surface area (Å²) in [6.07, 6.45) is 0. The van der Waals surface area contributed by atoms with E-state index in [0.29, 0.717) is 11.3 Å². The van der Waals surface area contributed by atoms with Crippen LogP contribution in [0.15, 0.2) is 67.1 Å². The summed E-state index contributed by atoms with van der Waals surface area (Å²) < 4.78 is 35.4. The van der Waals surface area contributed by atoms with E-state index >= 15 is 0 Å². The zero-order valence-corrected chi connectivity index (χ0v) is 17.0. The van der Waals surface area contributed by atoms with Crippen LogP contribution in [0.3, 0.4) is 0 Å². The first-order valence-electron chi connectivity index (χ1n) is 7.98. The molecule has 0 bridgehead atoms. The van der Waals surface area contributed by atoms with Gasteiger partial charge in [-0.1, -0.05) is 15.9 Å².